The Morgan fingerprint density at radius 3 is 2.42 bits per heavy atom. The molecule has 0 aliphatic heterocycles. The maximum Gasteiger partial charge on any atom is 0.158 e. The van der Waals surface area contributed by atoms with Crippen LogP contribution in [0.5, 0.6) is 0 Å². The summed E-state index contributed by atoms with van der Waals surface area (Å²) >= 11 is 0. The molecule has 102 valence electrons. The molecule has 0 N–H and O–H groups in total. The van der Waals surface area contributed by atoms with Gasteiger partial charge in [-0.15, -0.1) is 0 Å². The van der Waals surface area contributed by atoms with Gasteiger partial charge < -0.3 is 0 Å². The van der Waals surface area contributed by atoms with E-state index in [2.05, 4.69) is 5.10 Å². The second-order valence-corrected chi connectivity index (χ2v) is 6.60. The maximum absolute atomic E-state index is 13.5. The van der Waals surface area contributed by atoms with Gasteiger partial charge in [0, 0.05) is 24.4 Å². The number of nitrogens with zero attached hydrogens (tertiary/aromatic N) is 2. The van der Waals surface area contributed by atoms with Crippen LogP contribution in [-0.4, -0.2) is 18.2 Å². The lowest BCUT2D eigenvalue weighted by atomic mass is 10.2. The van der Waals surface area contributed by atoms with E-state index in [1.165, 1.54) is 18.2 Å². The minimum Gasteiger partial charge on any atom is -0.275 e. The van der Waals surface area contributed by atoms with E-state index in [1.807, 2.05) is 0 Å². The summed E-state index contributed by atoms with van der Waals surface area (Å²) in [6, 6.07) is 5.92. The van der Waals surface area contributed by atoms with Gasteiger partial charge in [-0.3, -0.25) is 4.68 Å². The van der Waals surface area contributed by atoms with Crippen molar-refractivity contribution in [3.05, 3.63) is 53.1 Å². The molecule has 1 aromatic carbocycles. The minimum atomic E-state index is -3.41. The van der Waals surface area contributed by atoms with E-state index in [0.29, 0.717) is 11.3 Å². The lowest BCUT2D eigenvalue weighted by molar-refractivity contribution is 0.586. The molecule has 0 unspecified atom stereocenters. The molecule has 19 heavy (non-hydrogen) atoms. The standard InChI is InChI=1S/C13H15FN2O2S/c1-10-12(7-16(2)15-10)9-19(17,18)8-11-5-3-4-6-13(11)14/h3-7H,8-9H2,1-2H3. The fourth-order valence-electron chi connectivity index (χ4n) is 1.93. The second-order valence-electron chi connectivity index (χ2n) is 4.54. The largest absolute Gasteiger partial charge is 0.275 e. The SMILES string of the molecule is Cc1nn(C)cc1CS(=O)(=O)Cc1ccccc1F. The fourth-order valence-corrected chi connectivity index (χ4v) is 3.50. The Balaban J connectivity index is 2.20. The summed E-state index contributed by atoms with van der Waals surface area (Å²) in [4.78, 5) is 0. The number of aromatic nitrogens is 2. The van der Waals surface area contributed by atoms with E-state index >= 15 is 0 Å². The lowest BCUT2D eigenvalue weighted by Gasteiger charge is -2.05. The Hall–Kier alpha value is -1.69. The number of halogens is 1. The number of benzene rings is 1. The van der Waals surface area contributed by atoms with Crippen LogP contribution in [-0.2, 0) is 28.4 Å². The van der Waals surface area contributed by atoms with Crippen LogP contribution in [0.2, 0.25) is 0 Å². The zero-order valence-corrected chi connectivity index (χ0v) is 11.6. The normalized spacial score (nSPS) is 11.7. The Morgan fingerprint density at radius 2 is 1.84 bits per heavy atom. The molecular formula is C13H15FN2O2S. The summed E-state index contributed by atoms with van der Waals surface area (Å²) in [5.41, 5.74) is 1.53. The molecule has 0 atom stereocenters. The number of rotatable bonds is 4. The van der Waals surface area contributed by atoms with Gasteiger partial charge in [-0.2, -0.15) is 5.10 Å². The maximum atomic E-state index is 13.5. The molecule has 0 spiro atoms. The topological polar surface area (TPSA) is 52.0 Å². The summed E-state index contributed by atoms with van der Waals surface area (Å²) in [5.74, 6) is -0.913. The number of hydrogen-bond acceptors (Lipinski definition) is 3. The van der Waals surface area contributed by atoms with Crippen molar-refractivity contribution in [2.24, 2.45) is 7.05 Å². The van der Waals surface area contributed by atoms with Gasteiger partial charge in [0.05, 0.1) is 17.2 Å². The Kier molecular flexibility index (Phi) is 3.71. The monoisotopic (exact) mass is 282 g/mol. The van der Waals surface area contributed by atoms with E-state index in [9.17, 15) is 12.8 Å². The summed E-state index contributed by atoms with van der Waals surface area (Å²) in [6.07, 6.45) is 1.67. The van der Waals surface area contributed by atoms with Crippen LogP contribution in [0, 0.1) is 12.7 Å². The Labute approximate surface area is 111 Å². The van der Waals surface area contributed by atoms with E-state index in [4.69, 9.17) is 0 Å². The highest BCUT2D eigenvalue weighted by Gasteiger charge is 2.18. The van der Waals surface area contributed by atoms with Gasteiger partial charge in [-0.05, 0) is 13.0 Å². The van der Waals surface area contributed by atoms with Crippen molar-refractivity contribution in [2.75, 3.05) is 0 Å². The predicted molar refractivity (Wildman–Crippen MR) is 70.7 cm³/mol. The molecule has 6 heteroatoms. The van der Waals surface area contributed by atoms with Crippen molar-refractivity contribution in [3.63, 3.8) is 0 Å². The van der Waals surface area contributed by atoms with E-state index in [0.717, 1.165) is 0 Å². The molecule has 0 radical (unpaired) electrons. The van der Waals surface area contributed by atoms with Crippen LogP contribution in [0.25, 0.3) is 0 Å². The van der Waals surface area contributed by atoms with Crippen molar-refractivity contribution in [1.82, 2.24) is 9.78 Å². The third-order valence-corrected chi connectivity index (χ3v) is 4.33. The average molecular weight is 282 g/mol. The van der Waals surface area contributed by atoms with Crippen LogP contribution in [0.15, 0.2) is 30.5 Å². The van der Waals surface area contributed by atoms with E-state index in [1.54, 1.807) is 30.9 Å². The number of hydrogen-bond donors (Lipinski definition) is 0. The van der Waals surface area contributed by atoms with Crippen molar-refractivity contribution in [1.29, 1.82) is 0 Å². The smallest absolute Gasteiger partial charge is 0.158 e. The zero-order valence-electron chi connectivity index (χ0n) is 10.8. The number of aryl methyl sites for hydroxylation is 2. The quantitative estimate of drug-likeness (QED) is 0.861. The first-order chi connectivity index (χ1) is 8.87. The van der Waals surface area contributed by atoms with Crippen molar-refractivity contribution < 1.29 is 12.8 Å². The zero-order chi connectivity index (χ0) is 14.0. The molecule has 0 fully saturated rings. The highest BCUT2D eigenvalue weighted by atomic mass is 32.2. The van der Waals surface area contributed by atoms with Gasteiger partial charge in [0.25, 0.3) is 0 Å². The molecule has 0 amide bonds. The first-order valence-electron chi connectivity index (χ1n) is 5.80. The molecule has 0 aliphatic rings. The molecule has 0 saturated heterocycles. The van der Waals surface area contributed by atoms with Gasteiger partial charge in [0.2, 0.25) is 0 Å². The van der Waals surface area contributed by atoms with Crippen LogP contribution >= 0.6 is 0 Å². The molecule has 1 aromatic heterocycles. The van der Waals surface area contributed by atoms with Gasteiger partial charge in [-0.25, -0.2) is 12.8 Å². The molecule has 2 aromatic rings. The summed E-state index contributed by atoms with van der Waals surface area (Å²) in [7, 11) is -1.68. The van der Waals surface area contributed by atoms with Gasteiger partial charge in [0.1, 0.15) is 5.82 Å². The highest BCUT2D eigenvalue weighted by Crippen LogP contribution is 2.16. The third kappa shape index (κ3) is 3.41. The van der Waals surface area contributed by atoms with Crippen LogP contribution < -0.4 is 0 Å². The Morgan fingerprint density at radius 1 is 1.21 bits per heavy atom. The van der Waals surface area contributed by atoms with Crippen molar-refractivity contribution in [2.45, 2.75) is 18.4 Å². The van der Waals surface area contributed by atoms with Crippen molar-refractivity contribution in [3.8, 4) is 0 Å². The van der Waals surface area contributed by atoms with Crippen LogP contribution in [0.1, 0.15) is 16.8 Å². The number of sulfone groups is 1. The first kappa shape index (κ1) is 13.7. The van der Waals surface area contributed by atoms with E-state index < -0.39 is 15.7 Å². The van der Waals surface area contributed by atoms with Gasteiger partial charge in [-0.1, -0.05) is 18.2 Å². The molecule has 0 aliphatic carbocycles. The van der Waals surface area contributed by atoms with Crippen molar-refractivity contribution >= 4 is 9.84 Å². The van der Waals surface area contributed by atoms with Crippen LogP contribution in [0.3, 0.4) is 0 Å². The predicted octanol–water partition coefficient (Wildman–Crippen LogP) is 1.98. The summed E-state index contributed by atoms with van der Waals surface area (Å²) < 4.78 is 39.2. The molecule has 4 nitrogen and oxygen atoms in total. The Bertz CT molecular complexity index is 692. The summed E-state index contributed by atoms with van der Waals surface area (Å²) in [5, 5.41) is 4.10. The average Bonchev–Trinajstić information content (AvgIpc) is 2.59. The molecule has 0 bridgehead atoms. The molecule has 2 rings (SSSR count). The third-order valence-electron chi connectivity index (χ3n) is 2.82. The van der Waals surface area contributed by atoms with Gasteiger partial charge in [0.15, 0.2) is 9.84 Å². The molecule has 1 heterocycles. The second kappa shape index (κ2) is 5.13. The van der Waals surface area contributed by atoms with Gasteiger partial charge >= 0.3 is 0 Å². The molecule has 0 saturated carbocycles. The van der Waals surface area contributed by atoms with E-state index in [-0.39, 0.29) is 17.1 Å². The highest BCUT2D eigenvalue weighted by molar-refractivity contribution is 7.89. The lowest BCUT2D eigenvalue weighted by Crippen LogP contribution is -2.09. The van der Waals surface area contributed by atoms with Crippen LogP contribution in [0.4, 0.5) is 4.39 Å². The molecular weight excluding hydrogens is 267 g/mol. The minimum absolute atomic E-state index is 0.124. The fraction of sp³-hybridized carbons (Fsp3) is 0.308. The first-order valence-corrected chi connectivity index (χ1v) is 7.62. The summed E-state index contributed by atoms with van der Waals surface area (Å²) in [6.45, 7) is 1.76.